The largest absolute Gasteiger partial charge is 0.395 e. The van der Waals surface area contributed by atoms with E-state index >= 15 is 0 Å². The summed E-state index contributed by atoms with van der Waals surface area (Å²) >= 11 is 0. The van der Waals surface area contributed by atoms with Crippen molar-refractivity contribution < 1.29 is 9.84 Å². The lowest BCUT2D eigenvalue weighted by molar-refractivity contribution is -0.0469. The van der Waals surface area contributed by atoms with Gasteiger partial charge in [-0.05, 0) is 19.3 Å². The minimum Gasteiger partial charge on any atom is -0.395 e. The van der Waals surface area contributed by atoms with Gasteiger partial charge in [0.25, 0.3) is 0 Å². The molecule has 11 heavy (non-hydrogen) atoms. The molecular weight excluding hydrogens is 142 g/mol. The van der Waals surface area contributed by atoms with Crippen LogP contribution in [0.2, 0.25) is 0 Å². The summed E-state index contributed by atoms with van der Waals surface area (Å²) in [5.74, 6) is 0. The molecule has 1 aliphatic heterocycles. The first-order valence-electron chi connectivity index (χ1n) is 4.31. The maximum absolute atomic E-state index is 8.90. The maximum Gasteiger partial charge on any atom is 0.0649 e. The molecule has 0 aromatic heterocycles. The molecule has 0 bridgehead atoms. The number of hydrogen-bond acceptors (Lipinski definition) is 3. The van der Waals surface area contributed by atoms with Gasteiger partial charge in [-0.25, -0.2) is 0 Å². The third kappa shape index (κ3) is 1.28. The molecule has 0 aromatic rings. The van der Waals surface area contributed by atoms with Crippen molar-refractivity contribution in [3.05, 3.63) is 0 Å². The highest BCUT2D eigenvalue weighted by Crippen LogP contribution is 2.34. The van der Waals surface area contributed by atoms with Crippen LogP contribution in [0.15, 0.2) is 0 Å². The van der Waals surface area contributed by atoms with E-state index in [1.807, 2.05) is 0 Å². The van der Waals surface area contributed by atoms with Crippen molar-refractivity contribution in [1.29, 1.82) is 0 Å². The van der Waals surface area contributed by atoms with E-state index < -0.39 is 0 Å². The molecule has 1 heterocycles. The molecule has 1 unspecified atom stereocenters. The molecule has 64 valence electrons. The van der Waals surface area contributed by atoms with Crippen LogP contribution in [0.25, 0.3) is 0 Å². The number of nitrogens with one attached hydrogen (secondary N) is 1. The van der Waals surface area contributed by atoms with Crippen molar-refractivity contribution in [2.75, 3.05) is 19.8 Å². The van der Waals surface area contributed by atoms with Crippen LogP contribution in [0.3, 0.4) is 0 Å². The minimum absolute atomic E-state index is 0.170. The summed E-state index contributed by atoms with van der Waals surface area (Å²) in [5.41, 5.74) is 0.242. The van der Waals surface area contributed by atoms with Crippen LogP contribution in [0.4, 0.5) is 0 Å². The molecule has 0 amide bonds. The zero-order valence-corrected chi connectivity index (χ0v) is 6.68. The van der Waals surface area contributed by atoms with Crippen LogP contribution in [0.5, 0.6) is 0 Å². The topological polar surface area (TPSA) is 41.5 Å². The number of morpholine rings is 1. The van der Waals surface area contributed by atoms with Crippen LogP contribution < -0.4 is 5.32 Å². The summed E-state index contributed by atoms with van der Waals surface area (Å²) in [7, 11) is 0. The van der Waals surface area contributed by atoms with Gasteiger partial charge < -0.3 is 15.2 Å². The van der Waals surface area contributed by atoms with E-state index in [9.17, 15) is 0 Å². The monoisotopic (exact) mass is 157 g/mol. The second-order valence-corrected chi connectivity index (χ2v) is 3.67. The predicted octanol–water partition coefficient (Wildman–Crippen LogP) is -0.110. The Kier molecular flexibility index (Phi) is 1.87. The fraction of sp³-hybridized carbons (Fsp3) is 1.00. The van der Waals surface area contributed by atoms with Gasteiger partial charge in [-0.1, -0.05) is 0 Å². The molecule has 1 spiro atoms. The Morgan fingerprint density at radius 1 is 1.55 bits per heavy atom. The van der Waals surface area contributed by atoms with Gasteiger partial charge in [0.05, 0.1) is 25.9 Å². The van der Waals surface area contributed by atoms with E-state index in [0.717, 1.165) is 6.61 Å². The van der Waals surface area contributed by atoms with Crippen molar-refractivity contribution in [1.82, 2.24) is 5.32 Å². The second-order valence-electron chi connectivity index (χ2n) is 3.67. The van der Waals surface area contributed by atoms with E-state index in [1.54, 1.807) is 0 Å². The van der Waals surface area contributed by atoms with Crippen molar-refractivity contribution >= 4 is 0 Å². The van der Waals surface area contributed by atoms with Crippen LogP contribution in [-0.4, -0.2) is 36.5 Å². The Balaban J connectivity index is 1.92. The Hall–Kier alpha value is -0.120. The molecule has 0 aromatic carbocycles. The van der Waals surface area contributed by atoms with Gasteiger partial charge in [0, 0.05) is 5.54 Å². The maximum atomic E-state index is 8.90. The molecule has 3 nitrogen and oxygen atoms in total. The molecule has 3 heteroatoms. The lowest BCUT2D eigenvalue weighted by Gasteiger charge is -2.47. The molecule has 1 atom stereocenters. The van der Waals surface area contributed by atoms with E-state index in [0.29, 0.717) is 6.61 Å². The third-order valence-electron chi connectivity index (χ3n) is 2.74. The first kappa shape index (κ1) is 7.53. The summed E-state index contributed by atoms with van der Waals surface area (Å²) in [5, 5.41) is 12.3. The summed E-state index contributed by atoms with van der Waals surface area (Å²) in [6.45, 7) is 1.70. The zero-order chi connectivity index (χ0) is 7.73. The number of aliphatic hydroxyl groups excluding tert-OH is 1. The van der Waals surface area contributed by atoms with E-state index in [-0.39, 0.29) is 18.2 Å². The van der Waals surface area contributed by atoms with Gasteiger partial charge in [-0.2, -0.15) is 0 Å². The molecular formula is C8H15NO2. The normalized spacial score (nSPS) is 35.2. The number of aliphatic hydroxyl groups is 1. The Morgan fingerprint density at radius 3 is 2.91 bits per heavy atom. The number of rotatable bonds is 1. The molecule has 1 saturated heterocycles. The highest BCUT2D eigenvalue weighted by molar-refractivity contribution is 4.99. The van der Waals surface area contributed by atoms with Crippen molar-refractivity contribution in [3.63, 3.8) is 0 Å². The van der Waals surface area contributed by atoms with E-state index in [1.165, 1.54) is 19.3 Å². The van der Waals surface area contributed by atoms with Gasteiger partial charge in [0.1, 0.15) is 0 Å². The molecule has 2 aliphatic rings. The quantitative estimate of drug-likeness (QED) is 0.558. The highest BCUT2D eigenvalue weighted by Gasteiger charge is 2.41. The molecule has 1 aliphatic carbocycles. The SMILES string of the molecule is OCC1COCC2(CCC2)N1. The third-order valence-corrected chi connectivity index (χ3v) is 2.74. The average molecular weight is 157 g/mol. The van der Waals surface area contributed by atoms with Crippen LogP contribution in [-0.2, 0) is 4.74 Å². The lowest BCUT2D eigenvalue weighted by Crippen LogP contribution is -2.63. The molecule has 1 saturated carbocycles. The lowest BCUT2D eigenvalue weighted by atomic mass is 9.76. The smallest absolute Gasteiger partial charge is 0.0649 e. The van der Waals surface area contributed by atoms with Crippen molar-refractivity contribution in [2.45, 2.75) is 30.8 Å². The first-order valence-corrected chi connectivity index (χ1v) is 4.31. The molecule has 2 rings (SSSR count). The van der Waals surface area contributed by atoms with Crippen molar-refractivity contribution in [2.24, 2.45) is 0 Å². The van der Waals surface area contributed by atoms with Crippen LogP contribution >= 0.6 is 0 Å². The fourth-order valence-electron chi connectivity index (χ4n) is 1.90. The van der Waals surface area contributed by atoms with Crippen LogP contribution in [0.1, 0.15) is 19.3 Å². The van der Waals surface area contributed by atoms with Gasteiger partial charge >= 0.3 is 0 Å². The van der Waals surface area contributed by atoms with Gasteiger partial charge in [0.15, 0.2) is 0 Å². The van der Waals surface area contributed by atoms with Crippen molar-refractivity contribution in [3.8, 4) is 0 Å². The number of hydrogen-bond donors (Lipinski definition) is 2. The van der Waals surface area contributed by atoms with E-state index in [2.05, 4.69) is 5.32 Å². The second kappa shape index (κ2) is 2.73. The summed E-state index contributed by atoms with van der Waals surface area (Å²) in [6.07, 6.45) is 3.72. The summed E-state index contributed by atoms with van der Waals surface area (Å²) in [4.78, 5) is 0. The highest BCUT2D eigenvalue weighted by atomic mass is 16.5. The molecule has 0 radical (unpaired) electrons. The standard InChI is InChI=1S/C8H15NO2/c10-4-7-5-11-6-8(9-7)2-1-3-8/h7,9-10H,1-6H2. The Labute approximate surface area is 66.7 Å². The predicted molar refractivity (Wildman–Crippen MR) is 41.4 cm³/mol. The molecule has 2 N–H and O–H groups in total. The van der Waals surface area contributed by atoms with Crippen LogP contribution in [0, 0.1) is 0 Å². The van der Waals surface area contributed by atoms with Gasteiger partial charge in [-0.15, -0.1) is 0 Å². The summed E-state index contributed by atoms with van der Waals surface area (Å²) < 4.78 is 5.41. The fourth-order valence-corrected chi connectivity index (χ4v) is 1.90. The van der Waals surface area contributed by atoms with Gasteiger partial charge in [-0.3, -0.25) is 0 Å². The Morgan fingerprint density at radius 2 is 2.36 bits per heavy atom. The van der Waals surface area contributed by atoms with E-state index in [4.69, 9.17) is 9.84 Å². The van der Waals surface area contributed by atoms with Gasteiger partial charge in [0.2, 0.25) is 0 Å². The summed E-state index contributed by atoms with van der Waals surface area (Å²) in [6, 6.07) is 0.170. The number of ether oxygens (including phenoxy) is 1. The average Bonchev–Trinajstić information content (AvgIpc) is 2.02. The first-order chi connectivity index (χ1) is 5.35. The zero-order valence-electron chi connectivity index (χ0n) is 6.68. The Bertz CT molecular complexity index is 145. The minimum atomic E-state index is 0.170. The molecule has 2 fully saturated rings.